The van der Waals surface area contributed by atoms with E-state index < -0.39 is 5.97 Å². The first kappa shape index (κ1) is 16.1. The molecule has 0 saturated heterocycles. The number of rotatable bonds is 5. The molecule has 0 bridgehead atoms. The predicted octanol–water partition coefficient (Wildman–Crippen LogP) is 3.02. The van der Waals surface area contributed by atoms with Crippen molar-refractivity contribution in [2.75, 3.05) is 0 Å². The van der Waals surface area contributed by atoms with Crippen molar-refractivity contribution < 1.29 is 14.7 Å². The summed E-state index contributed by atoms with van der Waals surface area (Å²) >= 11 is 3.15. The lowest BCUT2D eigenvalue weighted by atomic mass is 10.0. The topological polar surface area (TPSA) is 85.1 Å². The van der Waals surface area contributed by atoms with Crippen LogP contribution in [0.3, 0.4) is 0 Å². The largest absolute Gasteiger partial charge is 0.480 e. The van der Waals surface area contributed by atoms with Gasteiger partial charge >= 0.3 is 5.97 Å². The molecule has 0 atom stereocenters. The van der Waals surface area contributed by atoms with E-state index >= 15 is 0 Å². The number of ketones is 1. The van der Waals surface area contributed by atoms with Crippen LogP contribution in [0.1, 0.15) is 15.9 Å². The first-order valence-electron chi connectivity index (χ1n) is 7.07. The lowest BCUT2D eigenvalue weighted by molar-refractivity contribution is -0.137. The highest BCUT2D eigenvalue weighted by Gasteiger charge is 2.14. The van der Waals surface area contributed by atoms with Gasteiger partial charge in [0.15, 0.2) is 11.6 Å². The number of halogens is 1. The zero-order valence-electron chi connectivity index (χ0n) is 12.4. The molecular formula is C17H12BrN3O3. The van der Waals surface area contributed by atoms with Crippen molar-refractivity contribution in [2.24, 2.45) is 0 Å². The number of benzene rings is 2. The molecule has 3 rings (SSSR count). The minimum absolute atomic E-state index is 0.0738. The van der Waals surface area contributed by atoms with Crippen molar-refractivity contribution in [3.63, 3.8) is 0 Å². The van der Waals surface area contributed by atoms with Crippen molar-refractivity contribution in [1.29, 1.82) is 0 Å². The maximum Gasteiger partial charge on any atom is 0.325 e. The van der Waals surface area contributed by atoms with Crippen LogP contribution in [0, 0.1) is 0 Å². The second-order valence-corrected chi connectivity index (χ2v) is 5.74. The first-order chi connectivity index (χ1) is 11.5. The Balaban J connectivity index is 1.90. The molecule has 1 N–H and O–H groups in total. The number of carbonyl (C=O) groups excluding carboxylic acids is 1. The summed E-state index contributed by atoms with van der Waals surface area (Å²) in [6.45, 7) is -0.293. The second kappa shape index (κ2) is 6.76. The van der Waals surface area contributed by atoms with E-state index in [2.05, 4.69) is 26.0 Å². The molecule has 1 heterocycles. The summed E-state index contributed by atoms with van der Waals surface area (Å²) in [5, 5.41) is 12.9. The van der Waals surface area contributed by atoms with Gasteiger partial charge in [-0.2, -0.15) is 0 Å². The summed E-state index contributed by atoms with van der Waals surface area (Å²) in [4.78, 5) is 27.5. The first-order valence-corrected chi connectivity index (χ1v) is 7.86. The number of carbonyl (C=O) groups is 2. The molecule has 24 heavy (non-hydrogen) atoms. The van der Waals surface area contributed by atoms with Crippen LogP contribution in [-0.4, -0.2) is 31.6 Å². The van der Waals surface area contributed by atoms with Crippen LogP contribution in [0.15, 0.2) is 59.3 Å². The van der Waals surface area contributed by atoms with Crippen LogP contribution < -0.4 is 0 Å². The van der Waals surface area contributed by atoms with E-state index in [0.29, 0.717) is 27.2 Å². The van der Waals surface area contributed by atoms with Crippen LogP contribution >= 0.6 is 15.9 Å². The van der Waals surface area contributed by atoms with Gasteiger partial charge in [-0.25, -0.2) is 9.67 Å². The van der Waals surface area contributed by atoms with Gasteiger partial charge in [0, 0.05) is 16.7 Å². The van der Waals surface area contributed by atoms with Gasteiger partial charge in [0.2, 0.25) is 4.73 Å². The van der Waals surface area contributed by atoms with E-state index in [1.165, 1.54) is 4.68 Å². The van der Waals surface area contributed by atoms with Gasteiger partial charge in [-0.15, -0.1) is 5.10 Å². The van der Waals surface area contributed by atoms with Gasteiger partial charge in [-0.3, -0.25) is 9.59 Å². The third kappa shape index (κ3) is 3.41. The quantitative estimate of drug-likeness (QED) is 0.682. The van der Waals surface area contributed by atoms with Crippen molar-refractivity contribution >= 4 is 27.7 Å². The van der Waals surface area contributed by atoms with E-state index in [0.717, 1.165) is 0 Å². The second-order valence-electron chi connectivity index (χ2n) is 5.03. The number of nitrogens with zero attached hydrogens (tertiary/aromatic N) is 3. The Labute approximate surface area is 145 Å². The fraction of sp³-hybridized carbons (Fsp3) is 0.0588. The summed E-state index contributed by atoms with van der Waals surface area (Å²) in [6, 6.07) is 15.8. The molecule has 6 nitrogen and oxygen atoms in total. The fourth-order valence-electron chi connectivity index (χ4n) is 2.29. The Kier molecular flexibility index (Phi) is 4.52. The molecule has 7 heteroatoms. The van der Waals surface area contributed by atoms with Crippen LogP contribution in [0.2, 0.25) is 0 Å². The molecule has 3 aromatic rings. The molecule has 0 saturated carbocycles. The lowest BCUT2D eigenvalue weighted by Gasteiger charge is -2.05. The summed E-state index contributed by atoms with van der Waals surface area (Å²) in [7, 11) is 0. The molecule has 0 amide bonds. The van der Waals surface area contributed by atoms with E-state index in [1.54, 1.807) is 36.4 Å². The Hall–Kier alpha value is -2.80. The Morgan fingerprint density at radius 1 is 1.00 bits per heavy atom. The van der Waals surface area contributed by atoms with Gasteiger partial charge in [0.25, 0.3) is 0 Å². The highest BCUT2D eigenvalue weighted by molar-refractivity contribution is 9.10. The van der Waals surface area contributed by atoms with Crippen molar-refractivity contribution in [3.8, 4) is 11.4 Å². The minimum atomic E-state index is -1.01. The van der Waals surface area contributed by atoms with E-state index in [-0.39, 0.29) is 12.3 Å². The minimum Gasteiger partial charge on any atom is -0.480 e. The Bertz CT molecular complexity index is 889. The molecule has 0 aliphatic heterocycles. The zero-order valence-corrected chi connectivity index (χ0v) is 14.0. The van der Waals surface area contributed by atoms with Crippen molar-refractivity contribution in [3.05, 3.63) is 70.5 Å². The van der Waals surface area contributed by atoms with E-state index in [9.17, 15) is 9.59 Å². The molecule has 0 aliphatic rings. The molecule has 0 aliphatic carbocycles. The average molecular weight is 386 g/mol. The number of hydrogen-bond acceptors (Lipinski definition) is 4. The van der Waals surface area contributed by atoms with Crippen LogP contribution in [-0.2, 0) is 11.3 Å². The van der Waals surface area contributed by atoms with Gasteiger partial charge in [0.05, 0.1) is 0 Å². The Morgan fingerprint density at radius 3 is 2.25 bits per heavy atom. The molecule has 1 aromatic heterocycles. The third-order valence-corrected chi connectivity index (χ3v) is 3.71. The van der Waals surface area contributed by atoms with Gasteiger partial charge in [-0.1, -0.05) is 54.6 Å². The highest BCUT2D eigenvalue weighted by Crippen LogP contribution is 2.21. The van der Waals surface area contributed by atoms with Crippen LogP contribution in [0.4, 0.5) is 0 Å². The maximum absolute atomic E-state index is 12.4. The van der Waals surface area contributed by atoms with Gasteiger partial charge in [0.1, 0.15) is 6.54 Å². The predicted molar refractivity (Wildman–Crippen MR) is 90.7 cm³/mol. The van der Waals surface area contributed by atoms with Gasteiger partial charge in [-0.05, 0) is 15.9 Å². The van der Waals surface area contributed by atoms with Crippen LogP contribution in [0.5, 0.6) is 0 Å². The SMILES string of the molecule is O=C(O)Cn1nc(Br)nc1-c1ccc(C(=O)c2ccccc2)cc1. The molecule has 0 unspecified atom stereocenters. The van der Waals surface area contributed by atoms with Crippen molar-refractivity contribution in [2.45, 2.75) is 6.54 Å². The molecule has 0 radical (unpaired) electrons. The van der Waals surface area contributed by atoms with Crippen LogP contribution in [0.25, 0.3) is 11.4 Å². The lowest BCUT2D eigenvalue weighted by Crippen LogP contribution is -2.11. The summed E-state index contributed by atoms with van der Waals surface area (Å²) in [5.41, 5.74) is 1.84. The molecule has 120 valence electrons. The fourth-order valence-corrected chi connectivity index (χ4v) is 2.65. The van der Waals surface area contributed by atoms with Crippen molar-refractivity contribution in [1.82, 2.24) is 14.8 Å². The average Bonchev–Trinajstić information content (AvgIpc) is 2.95. The van der Waals surface area contributed by atoms with E-state index in [1.807, 2.05) is 18.2 Å². The summed E-state index contributed by atoms with van der Waals surface area (Å²) in [6.07, 6.45) is 0. The third-order valence-electron chi connectivity index (χ3n) is 3.37. The molecule has 0 spiro atoms. The number of aliphatic carboxylic acids is 1. The van der Waals surface area contributed by atoms with E-state index in [4.69, 9.17) is 5.11 Å². The number of carboxylic acid groups (broad SMARTS) is 1. The summed E-state index contributed by atoms with van der Waals surface area (Å²) < 4.78 is 1.60. The van der Waals surface area contributed by atoms with Gasteiger partial charge < -0.3 is 5.11 Å². The molecule has 0 fully saturated rings. The number of carboxylic acids is 1. The monoisotopic (exact) mass is 385 g/mol. The number of aromatic nitrogens is 3. The molecular weight excluding hydrogens is 374 g/mol. The smallest absolute Gasteiger partial charge is 0.325 e. The summed E-state index contributed by atoms with van der Waals surface area (Å²) in [5.74, 6) is -0.664. The Morgan fingerprint density at radius 2 is 1.62 bits per heavy atom. The number of hydrogen-bond donors (Lipinski definition) is 1. The normalized spacial score (nSPS) is 10.5. The highest BCUT2D eigenvalue weighted by atomic mass is 79.9. The molecule has 2 aromatic carbocycles. The zero-order chi connectivity index (χ0) is 17.1. The standard InChI is InChI=1S/C17H12BrN3O3/c18-17-19-16(21(20-17)10-14(22)23)13-8-6-12(7-9-13)15(24)11-4-2-1-3-5-11/h1-9H,10H2,(H,22,23). The maximum atomic E-state index is 12.4.